The highest BCUT2D eigenvalue weighted by atomic mass is 16.5. The van der Waals surface area contributed by atoms with E-state index in [4.69, 9.17) is 13.9 Å². The van der Waals surface area contributed by atoms with Gasteiger partial charge in [0, 0.05) is 23.3 Å². The average Bonchev–Trinajstić information content (AvgIpc) is 3.19. The van der Waals surface area contributed by atoms with Crippen LogP contribution in [0.4, 0.5) is 0 Å². The Labute approximate surface area is 147 Å². The summed E-state index contributed by atoms with van der Waals surface area (Å²) in [7, 11) is 1.61. The Hall–Kier alpha value is -3.68. The number of rotatable bonds is 5. The van der Waals surface area contributed by atoms with Crippen LogP contribution in [0.25, 0.3) is 22.1 Å². The fraction of sp³-hybridized carbons (Fsp3) is 0.111. The van der Waals surface area contributed by atoms with Gasteiger partial charge >= 0.3 is 5.63 Å². The van der Waals surface area contributed by atoms with Gasteiger partial charge in [-0.1, -0.05) is 12.1 Å². The SMILES string of the molecule is COc1ccc(-c2cc(=O)oc3cc(OCc4nnn[n-]4)ccc23)cc1. The van der Waals surface area contributed by atoms with Crippen LogP contribution in [-0.4, -0.2) is 22.6 Å². The summed E-state index contributed by atoms with van der Waals surface area (Å²) >= 11 is 0. The zero-order valence-corrected chi connectivity index (χ0v) is 13.7. The lowest BCUT2D eigenvalue weighted by atomic mass is 10.0. The number of methoxy groups -OCH3 is 1. The van der Waals surface area contributed by atoms with Gasteiger partial charge in [0.1, 0.15) is 23.7 Å². The van der Waals surface area contributed by atoms with Crippen LogP contribution in [0, 0.1) is 0 Å². The summed E-state index contributed by atoms with van der Waals surface area (Å²) in [6.45, 7) is 0.126. The Morgan fingerprint density at radius 3 is 2.62 bits per heavy atom. The number of benzene rings is 2. The molecule has 0 unspecified atom stereocenters. The van der Waals surface area contributed by atoms with Crippen LogP contribution in [-0.2, 0) is 6.61 Å². The number of hydrogen-bond acceptors (Lipinski definition) is 7. The first-order valence-electron chi connectivity index (χ1n) is 7.76. The Balaban J connectivity index is 1.71. The number of fused-ring (bicyclic) bond motifs is 1. The first kappa shape index (κ1) is 15.8. The van der Waals surface area contributed by atoms with E-state index < -0.39 is 5.63 Å². The summed E-state index contributed by atoms with van der Waals surface area (Å²) < 4.78 is 16.1. The molecule has 2 heterocycles. The molecular formula is C18H13N4O4-. The predicted octanol–water partition coefficient (Wildman–Crippen LogP) is 2.19. The van der Waals surface area contributed by atoms with Crippen molar-refractivity contribution in [2.45, 2.75) is 6.61 Å². The van der Waals surface area contributed by atoms with Crippen molar-refractivity contribution in [1.29, 1.82) is 0 Å². The lowest BCUT2D eigenvalue weighted by Gasteiger charge is -2.09. The highest BCUT2D eigenvalue weighted by Crippen LogP contribution is 2.30. The van der Waals surface area contributed by atoms with Crippen LogP contribution in [0.2, 0.25) is 0 Å². The maximum atomic E-state index is 12.0. The molecule has 0 fully saturated rings. The Kier molecular flexibility index (Phi) is 4.06. The Bertz CT molecular complexity index is 1090. The second-order valence-corrected chi connectivity index (χ2v) is 5.45. The third-order valence-electron chi connectivity index (χ3n) is 3.85. The Morgan fingerprint density at radius 2 is 1.88 bits per heavy atom. The lowest BCUT2D eigenvalue weighted by molar-refractivity contribution is 0.295. The summed E-state index contributed by atoms with van der Waals surface area (Å²) in [6, 6.07) is 14.2. The van der Waals surface area contributed by atoms with Crippen molar-refractivity contribution >= 4 is 11.0 Å². The molecule has 8 nitrogen and oxygen atoms in total. The number of hydrogen-bond donors (Lipinski definition) is 0. The van der Waals surface area contributed by atoms with E-state index in [9.17, 15) is 4.79 Å². The molecule has 0 radical (unpaired) electrons. The van der Waals surface area contributed by atoms with Gasteiger partial charge in [-0.2, -0.15) is 5.21 Å². The van der Waals surface area contributed by atoms with Gasteiger partial charge in [-0.05, 0) is 35.4 Å². The molecule has 0 amide bonds. The van der Waals surface area contributed by atoms with Crippen molar-refractivity contribution in [2.24, 2.45) is 0 Å². The summed E-state index contributed by atoms with van der Waals surface area (Å²) in [4.78, 5) is 12.0. The van der Waals surface area contributed by atoms with Crippen LogP contribution < -0.4 is 20.2 Å². The van der Waals surface area contributed by atoms with Gasteiger partial charge in [-0.3, -0.25) is 10.3 Å². The van der Waals surface area contributed by atoms with Gasteiger partial charge in [0.25, 0.3) is 0 Å². The first-order chi connectivity index (χ1) is 12.7. The van der Waals surface area contributed by atoms with E-state index in [1.54, 1.807) is 19.2 Å². The van der Waals surface area contributed by atoms with E-state index in [2.05, 4.69) is 20.6 Å². The van der Waals surface area contributed by atoms with Gasteiger partial charge in [0.2, 0.25) is 0 Å². The van der Waals surface area contributed by atoms with Crippen LogP contribution in [0.15, 0.2) is 57.7 Å². The minimum Gasteiger partial charge on any atom is -0.497 e. The maximum Gasteiger partial charge on any atom is 0.336 e. The minimum atomic E-state index is -0.437. The third-order valence-corrected chi connectivity index (χ3v) is 3.85. The molecular weight excluding hydrogens is 336 g/mol. The summed E-state index contributed by atoms with van der Waals surface area (Å²) in [6.07, 6.45) is 0. The highest BCUT2D eigenvalue weighted by Gasteiger charge is 2.09. The molecule has 0 saturated heterocycles. The molecule has 4 aromatic rings. The van der Waals surface area contributed by atoms with Gasteiger partial charge in [0.15, 0.2) is 0 Å². The average molecular weight is 349 g/mol. The lowest BCUT2D eigenvalue weighted by Crippen LogP contribution is -2.01. The van der Waals surface area contributed by atoms with Gasteiger partial charge in [-0.15, -0.1) is 0 Å². The van der Waals surface area contributed by atoms with Crippen LogP contribution in [0.5, 0.6) is 11.5 Å². The van der Waals surface area contributed by atoms with Gasteiger partial charge in [0.05, 0.1) is 7.11 Å². The standard InChI is InChI=1S/C18H13N4O4/c1-24-12-4-2-11(3-5-12)15-9-18(23)26-16-8-13(6-7-14(15)16)25-10-17-19-21-22-20-17/h2-9H,10H2,1H3/q-1. The largest absolute Gasteiger partial charge is 0.497 e. The molecule has 0 spiro atoms. The molecule has 4 rings (SSSR count). The van der Waals surface area contributed by atoms with Gasteiger partial charge in [-0.25, -0.2) is 4.79 Å². The van der Waals surface area contributed by atoms with Crippen LogP contribution in [0.3, 0.4) is 0 Å². The molecule has 130 valence electrons. The smallest absolute Gasteiger partial charge is 0.336 e. The predicted molar refractivity (Wildman–Crippen MR) is 92.0 cm³/mol. The highest BCUT2D eigenvalue weighted by molar-refractivity contribution is 5.93. The summed E-state index contributed by atoms with van der Waals surface area (Å²) in [5.41, 5.74) is 1.66. The van der Waals surface area contributed by atoms with E-state index in [0.29, 0.717) is 17.2 Å². The van der Waals surface area contributed by atoms with Crippen LogP contribution in [0.1, 0.15) is 5.82 Å². The maximum absolute atomic E-state index is 12.0. The molecule has 0 bridgehead atoms. The number of aromatic nitrogens is 4. The molecule has 0 aliphatic heterocycles. The molecule has 8 heteroatoms. The van der Waals surface area contributed by atoms with Crippen LogP contribution >= 0.6 is 0 Å². The van der Waals surface area contributed by atoms with Crippen molar-refractivity contribution in [3.8, 4) is 22.6 Å². The zero-order valence-electron chi connectivity index (χ0n) is 13.7. The molecule has 2 aromatic heterocycles. The van der Waals surface area contributed by atoms with Crippen molar-refractivity contribution < 1.29 is 13.9 Å². The van der Waals surface area contributed by atoms with E-state index in [-0.39, 0.29) is 6.61 Å². The second kappa shape index (κ2) is 6.67. The van der Waals surface area contributed by atoms with E-state index >= 15 is 0 Å². The monoisotopic (exact) mass is 349 g/mol. The van der Waals surface area contributed by atoms with Crippen molar-refractivity contribution in [2.75, 3.05) is 7.11 Å². The molecule has 26 heavy (non-hydrogen) atoms. The van der Waals surface area contributed by atoms with E-state index in [1.807, 2.05) is 30.3 Å². The molecule has 0 saturated carbocycles. The molecule has 2 aromatic carbocycles. The van der Waals surface area contributed by atoms with Crippen molar-refractivity contribution in [3.05, 3.63) is 64.8 Å². The third kappa shape index (κ3) is 3.12. The number of tetrazole rings is 1. The second-order valence-electron chi connectivity index (χ2n) is 5.45. The van der Waals surface area contributed by atoms with E-state index in [1.165, 1.54) is 6.07 Å². The normalized spacial score (nSPS) is 10.8. The number of nitrogens with zero attached hydrogens (tertiary/aromatic N) is 4. The molecule has 0 aliphatic rings. The summed E-state index contributed by atoms with van der Waals surface area (Å²) in [5.74, 6) is 1.64. The topological polar surface area (TPSA) is 101 Å². The van der Waals surface area contributed by atoms with Crippen molar-refractivity contribution in [3.63, 3.8) is 0 Å². The minimum absolute atomic E-state index is 0.126. The number of ether oxygens (including phenoxy) is 2. The molecule has 0 aliphatic carbocycles. The Morgan fingerprint density at radius 1 is 1.08 bits per heavy atom. The molecule has 0 N–H and O–H groups in total. The first-order valence-corrected chi connectivity index (χ1v) is 7.76. The quantitative estimate of drug-likeness (QED) is 0.505. The fourth-order valence-electron chi connectivity index (χ4n) is 2.61. The van der Waals surface area contributed by atoms with Crippen molar-refractivity contribution in [1.82, 2.24) is 20.6 Å². The summed E-state index contributed by atoms with van der Waals surface area (Å²) in [5, 5.41) is 15.0. The zero-order chi connectivity index (χ0) is 17.9. The fourth-order valence-corrected chi connectivity index (χ4v) is 2.61. The molecule has 0 atom stereocenters. The van der Waals surface area contributed by atoms with Gasteiger partial charge < -0.3 is 19.0 Å². The van der Waals surface area contributed by atoms with E-state index in [0.717, 1.165) is 22.3 Å².